The summed E-state index contributed by atoms with van der Waals surface area (Å²) < 4.78 is 8.90. The Kier molecular flexibility index (Phi) is 6.76. The van der Waals surface area contributed by atoms with Crippen LogP contribution in [0.25, 0.3) is 38.7 Å². The molecule has 0 radical (unpaired) electrons. The van der Waals surface area contributed by atoms with Crippen molar-refractivity contribution in [3.63, 3.8) is 0 Å². The van der Waals surface area contributed by atoms with Crippen LogP contribution in [-0.4, -0.2) is 11.3 Å². The van der Waals surface area contributed by atoms with Gasteiger partial charge >= 0.3 is 0 Å². The summed E-state index contributed by atoms with van der Waals surface area (Å²) in [6.07, 6.45) is 0. The number of nitrogens with zero attached hydrogens (tertiary/aromatic N) is 1. The summed E-state index contributed by atoms with van der Waals surface area (Å²) in [4.78, 5) is 2.66. The van der Waals surface area contributed by atoms with Gasteiger partial charge in [-0.25, -0.2) is 0 Å². The van der Waals surface area contributed by atoms with Gasteiger partial charge in [-0.05, 0) is 64.8 Å². The van der Waals surface area contributed by atoms with Crippen molar-refractivity contribution in [2.45, 2.75) is 69.1 Å². The summed E-state index contributed by atoms with van der Waals surface area (Å²) in [5.41, 5.74) is 12.8. The van der Waals surface area contributed by atoms with Gasteiger partial charge in [0.05, 0.1) is 16.6 Å². The SMILES string of the molecule is CC(C)c1cc(C(C)C)c(B2c3ccccc3Sc3cc(-n4c5ccccc5c5c6ccccc6oc54)ccc32)c(C(C)C)c1. The van der Waals surface area contributed by atoms with Crippen LogP contribution in [-0.2, 0) is 0 Å². The quantitative estimate of drug-likeness (QED) is 0.182. The normalized spacial score (nSPS) is 13.1. The summed E-state index contributed by atoms with van der Waals surface area (Å²) in [6, 6.07) is 38.2. The number of para-hydroxylation sites is 2. The summed E-state index contributed by atoms with van der Waals surface area (Å²) in [7, 11) is 0. The standard InChI is InChI=1S/C41H38BNOS/c1-24(2)27-21-31(25(3)4)40(32(22-27)26(5)6)42-33-15-9-12-18-37(33)45-38-23-28(19-20-34(38)42)43-35-16-10-7-13-29(35)39-30-14-8-11-17-36(30)44-41(39)43/h7-26H,1-6H3. The molecule has 7 aromatic rings. The predicted octanol–water partition coefficient (Wildman–Crippen LogP) is 9.88. The average molecular weight is 604 g/mol. The van der Waals surface area contributed by atoms with Crippen molar-refractivity contribution in [1.29, 1.82) is 0 Å². The Labute approximate surface area is 270 Å². The van der Waals surface area contributed by atoms with Crippen LogP contribution >= 0.6 is 11.8 Å². The molecule has 0 aliphatic carbocycles. The van der Waals surface area contributed by atoms with Gasteiger partial charge in [0.2, 0.25) is 12.4 Å². The van der Waals surface area contributed by atoms with E-state index in [1.54, 1.807) is 0 Å². The third kappa shape index (κ3) is 4.41. The molecule has 45 heavy (non-hydrogen) atoms. The number of furan rings is 1. The highest BCUT2D eigenvalue weighted by atomic mass is 32.2. The van der Waals surface area contributed by atoms with Crippen molar-refractivity contribution < 1.29 is 4.42 Å². The van der Waals surface area contributed by atoms with Gasteiger partial charge in [-0.2, -0.15) is 0 Å². The molecule has 0 fully saturated rings. The number of fused-ring (bicyclic) bond motifs is 7. The molecule has 1 aliphatic rings. The Hall–Kier alpha value is -4.15. The first kappa shape index (κ1) is 28.3. The fraction of sp³-hybridized carbons (Fsp3) is 0.220. The molecular weight excluding hydrogens is 565 g/mol. The summed E-state index contributed by atoms with van der Waals surface area (Å²) in [5.74, 6) is 1.34. The molecule has 2 nitrogen and oxygen atoms in total. The highest BCUT2D eigenvalue weighted by Crippen LogP contribution is 2.40. The molecule has 8 rings (SSSR count). The molecule has 2 aromatic heterocycles. The fourth-order valence-corrected chi connectivity index (χ4v) is 8.61. The Bertz CT molecular complexity index is 2220. The van der Waals surface area contributed by atoms with E-state index >= 15 is 0 Å². The van der Waals surface area contributed by atoms with Crippen LogP contribution < -0.4 is 16.4 Å². The average Bonchev–Trinajstić information content (AvgIpc) is 3.57. The summed E-state index contributed by atoms with van der Waals surface area (Å²) in [6.45, 7) is 14.2. The van der Waals surface area contributed by atoms with E-state index in [1.807, 2.05) is 11.8 Å². The van der Waals surface area contributed by atoms with Crippen LogP contribution in [0.5, 0.6) is 0 Å². The van der Waals surface area contributed by atoms with Crippen molar-refractivity contribution in [1.82, 2.24) is 4.57 Å². The molecule has 0 N–H and O–H groups in total. The zero-order valence-electron chi connectivity index (χ0n) is 26.9. The minimum atomic E-state index is 0.176. The lowest BCUT2D eigenvalue weighted by molar-refractivity contribution is 0.645. The van der Waals surface area contributed by atoms with E-state index < -0.39 is 0 Å². The number of aromatic nitrogens is 1. The van der Waals surface area contributed by atoms with Crippen molar-refractivity contribution in [2.24, 2.45) is 0 Å². The summed E-state index contributed by atoms with van der Waals surface area (Å²) in [5, 5.41) is 3.57. The third-order valence-electron chi connectivity index (χ3n) is 9.68. The maximum Gasteiger partial charge on any atom is 0.244 e. The summed E-state index contributed by atoms with van der Waals surface area (Å²) >= 11 is 1.90. The molecule has 0 unspecified atom stereocenters. The van der Waals surface area contributed by atoms with E-state index in [4.69, 9.17) is 4.42 Å². The number of hydrogen-bond acceptors (Lipinski definition) is 2. The maximum atomic E-state index is 6.58. The van der Waals surface area contributed by atoms with Crippen LogP contribution in [0.1, 0.15) is 76.0 Å². The molecule has 222 valence electrons. The van der Waals surface area contributed by atoms with Crippen molar-refractivity contribution >= 4 is 67.8 Å². The van der Waals surface area contributed by atoms with Crippen LogP contribution in [0.4, 0.5) is 0 Å². The van der Waals surface area contributed by atoms with Crippen LogP contribution in [0.3, 0.4) is 0 Å². The molecular formula is C41H38BNOS. The lowest BCUT2D eigenvalue weighted by Gasteiger charge is -2.32. The van der Waals surface area contributed by atoms with Crippen LogP contribution in [0.15, 0.2) is 117 Å². The molecule has 5 aromatic carbocycles. The number of rotatable bonds is 5. The molecule has 0 bridgehead atoms. The molecule has 1 aliphatic heterocycles. The van der Waals surface area contributed by atoms with Gasteiger partial charge in [-0.15, -0.1) is 0 Å². The monoisotopic (exact) mass is 603 g/mol. The minimum absolute atomic E-state index is 0.176. The molecule has 3 heterocycles. The molecule has 0 spiro atoms. The van der Waals surface area contributed by atoms with E-state index in [2.05, 4.69) is 149 Å². The van der Waals surface area contributed by atoms with Crippen molar-refractivity contribution in [2.75, 3.05) is 0 Å². The largest absolute Gasteiger partial charge is 0.439 e. The first-order valence-electron chi connectivity index (χ1n) is 16.3. The van der Waals surface area contributed by atoms with E-state index in [1.165, 1.54) is 59.2 Å². The molecule has 4 heteroatoms. The first-order valence-corrected chi connectivity index (χ1v) is 17.1. The third-order valence-corrected chi connectivity index (χ3v) is 10.8. The Morgan fingerprint density at radius 2 is 1.27 bits per heavy atom. The van der Waals surface area contributed by atoms with Gasteiger partial charge in [0.25, 0.3) is 0 Å². The van der Waals surface area contributed by atoms with Crippen LogP contribution in [0.2, 0.25) is 0 Å². The van der Waals surface area contributed by atoms with Gasteiger partial charge in [-0.3, -0.25) is 4.57 Å². The minimum Gasteiger partial charge on any atom is -0.439 e. The smallest absolute Gasteiger partial charge is 0.244 e. The van der Waals surface area contributed by atoms with Gasteiger partial charge in [-0.1, -0.05) is 142 Å². The van der Waals surface area contributed by atoms with Gasteiger partial charge in [0.15, 0.2) is 0 Å². The highest BCUT2D eigenvalue weighted by molar-refractivity contribution is 8.00. The molecule has 0 saturated heterocycles. The fourth-order valence-electron chi connectivity index (χ4n) is 7.44. The lowest BCUT2D eigenvalue weighted by atomic mass is 9.34. The second kappa shape index (κ2) is 10.7. The molecule has 0 amide bonds. The van der Waals surface area contributed by atoms with E-state index in [0.717, 1.165) is 22.4 Å². The predicted molar refractivity (Wildman–Crippen MR) is 194 cm³/mol. The zero-order chi connectivity index (χ0) is 31.0. The lowest BCUT2D eigenvalue weighted by Crippen LogP contribution is -2.57. The zero-order valence-corrected chi connectivity index (χ0v) is 27.7. The maximum absolute atomic E-state index is 6.58. The number of benzene rings is 5. The van der Waals surface area contributed by atoms with Crippen molar-refractivity contribution in [3.8, 4) is 5.69 Å². The van der Waals surface area contributed by atoms with Crippen LogP contribution in [0, 0.1) is 0 Å². The first-order chi connectivity index (χ1) is 21.8. The van der Waals surface area contributed by atoms with Gasteiger partial charge < -0.3 is 4.42 Å². The topological polar surface area (TPSA) is 18.1 Å². The van der Waals surface area contributed by atoms with E-state index in [9.17, 15) is 0 Å². The van der Waals surface area contributed by atoms with E-state index in [-0.39, 0.29) is 6.71 Å². The van der Waals surface area contributed by atoms with Gasteiger partial charge in [0, 0.05) is 20.6 Å². The molecule has 0 saturated carbocycles. The molecule has 0 atom stereocenters. The van der Waals surface area contributed by atoms with Crippen molar-refractivity contribution in [3.05, 3.63) is 120 Å². The Balaban J connectivity index is 1.39. The second-order valence-electron chi connectivity index (χ2n) is 13.5. The Morgan fingerprint density at radius 3 is 2.00 bits per heavy atom. The van der Waals surface area contributed by atoms with E-state index in [0.29, 0.717) is 17.8 Å². The second-order valence-corrected chi connectivity index (χ2v) is 14.6. The number of hydrogen-bond donors (Lipinski definition) is 0. The van der Waals surface area contributed by atoms with Gasteiger partial charge in [0.1, 0.15) is 5.58 Å². The highest BCUT2D eigenvalue weighted by Gasteiger charge is 2.36. The Morgan fingerprint density at radius 1 is 0.622 bits per heavy atom.